The number of hydrogen-bond acceptors (Lipinski definition) is 4. The molecule has 0 amide bonds. The summed E-state index contributed by atoms with van der Waals surface area (Å²) in [6.07, 6.45) is 0. The molecule has 0 radical (unpaired) electrons. The van der Waals surface area contributed by atoms with Crippen LogP contribution in [-0.2, 0) is 17.8 Å². The molecule has 116 valence electrons. The summed E-state index contributed by atoms with van der Waals surface area (Å²) in [5.74, 6) is 1.06. The van der Waals surface area contributed by atoms with Crippen molar-refractivity contribution >= 4 is 11.0 Å². The predicted molar refractivity (Wildman–Crippen MR) is 86.4 cm³/mol. The first-order chi connectivity index (χ1) is 10.3. The van der Waals surface area contributed by atoms with Gasteiger partial charge in [-0.3, -0.25) is 4.90 Å². The molecule has 1 N–H and O–H groups in total. The summed E-state index contributed by atoms with van der Waals surface area (Å²) in [7, 11) is 1.97. The first-order valence-electron chi connectivity index (χ1n) is 7.74. The third-order valence-corrected chi connectivity index (χ3v) is 3.71. The van der Waals surface area contributed by atoms with Gasteiger partial charge in [0.15, 0.2) is 0 Å². The van der Waals surface area contributed by atoms with Gasteiger partial charge in [-0.1, -0.05) is 25.1 Å². The minimum atomic E-state index is 0.770. The van der Waals surface area contributed by atoms with E-state index in [1.807, 2.05) is 26.1 Å². The maximum absolute atomic E-state index is 6.07. The Labute approximate surface area is 127 Å². The maximum atomic E-state index is 6.07. The third-order valence-electron chi connectivity index (χ3n) is 3.71. The Morgan fingerprint density at radius 3 is 2.76 bits per heavy atom. The number of nitrogens with one attached hydrogen (secondary N) is 1. The summed E-state index contributed by atoms with van der Waals surface area (Å²) in [5, 5.41) is 4.45. The number of nitrogens with zero attached hydrogens (tertiary/aromatic N) is 1. The molecule has 0 spiro atoms. The van der Waals surface area contributed by atoms with Crippen molar-refractivity contribution in [1.29, 1.82) is 0 Å². The Morgan fingerprint density at radius 1 is 1.24 bits per heavy atom. The Kier molecular flexibility index (Phi) is 6.23. The van der Waals surface area contributed by atoms with Crippen LogP contribution < -0.4 is 5.32 Å². The van der Waals surface area contributed by atoms with Gasteiger partial charge in [0.2, 0.25) is 0 Å². The SMILES string of the molecule is CCOCCN(CC)Cc1oc2ccccc2c1CNC. The van der Waals surface area contributed by atoms with Crippen LogP contribution in [0.1, 0.15) is 25.2 Å². The van der Waals surface area contributed by atoms with Crippen molar-refractivity contribution in [2.24, 2.45) is 0 Å². The molecule has 1 aromatic carbocycles. The standard InChI is InChI=1S/C17H26N2O2/c1-4-19(10-11-20-5-2)13-17-15(12-18-3)14-8-6-7-9-16(14)21-17/h6-9,18H,4-5,10-13H2,1-3H3. The molecule has 2 aromatic rings. The van der Waals surface area contributed by atoms with E-state index in [1.54, 1.807) is 0 Å². The number of ether oxygens (including phenoxy) is 1. The normalized spacial score (nSPS) is 11.6. The van der Waals surface area contributed by atoms with Crippen LogP contribution in [0.2, 0.25) is 0 Å². The summed E-state index contributed by atoms with van der Waals surface area (Å²) in [6.45, 7) is 9.32. The molecule has 0 unspecified atom stereocenters. The van der Waals surface area contributed by atoms with E-state index in [2.05, 4.69) is 29.3 Å². The van der Waals surface area contributed by atoms with E-state index in [0.29, 0.717) is 0 Å². The molecule has 0 aliphatic heterocycles. The number of para-hydroxylation sites is 1. The third kappa shape index (κ3) is 4.06. The van der Waals surface area contributed by atoms with Crippen molar-refractivity contribution in [2.45, 2.75) is 26.9 Å². The highest BCUT2D eigenvalue weighted by molar-refractivity contribution is 5.82. The first kappa shape index (κ1) is 16.0. The van der Waals surface area contributed by atoms with E-state index in [1.165, 1.54) is 10.9 Å². The van der Waals surface area contributed by atoms with Crippen molar-refractivity contribution in [3.8, 4) is 0 Å². The van der Waals surface area contributed by atoms with Crippen molar-refractivity contribution in [3.05, 3.63) is 35.6 Å². The Balaban J connectivity index is 2.17. The van der Waals surface area contributed by atoms with Gasteiger partial charge in [-0.25, -0.2) is 0 Å². The number of furan rings is 1. The smallest absolute Gasteiger partial charge is 0.134 e. The van der Waals surface area contributed by atoms with Gasteiger partial charge >= 0.3 is 0 Å². The van der Waals surface area contributed by atoms with Crippen molar-refractivity contribution in [2.75, 3.05) is 33.4 Å². The molecule has 4 heteroatoms. The van der Waals surface area contributed by atoms with Gasteiger partial charge in [-0.2, -0.15) is 0 Å². The molecule has 1 aromatic heterocycles. The van der Waals surface area contributed by atoms with E-state index in [-0.39, 0.29) is 0 Å². The largest absolute Gasteiger partial charge is 0.459 e. The fourth-order valence-corrected chi connectivity index (χ4v) is 2.54. The van der Waals surface area contributed by atoms with Crippen molar-refractivity contribution < 1.29 is 9.15 Å². The second kappa shape index (κ2) is 8.17. The molecular formula is C17H26N2O2. The predicted octanol–water partition coefficient (Wildman–Crippen LogP) is 3.01. The lowest BCUT2D eigenvalue weighted by Gasteiger charge is -2.19. The highest BCUT2D eigenvalue weighted by atomic mass is 16.5. The van der Waals surface area contributed by atoms with E-state index in [0.717, 1.165) is 50.7 Å². The molecule has 0 fully saturated rings. The molecule has 0 saturated heterocycles. The number of fused-ring (bicyclic) bond motifs is 1. The molecule has 0 bridgehead atoms. The topological polar surface area (TPSA) is 37.6 Å². The second-order valence-corrected chi connectivity index (χ2v) is 5.10. The van der Waals surface area contributed by atoms with E-state index in [9.17, 15) is 0 Å². The molecule has 1 heterocycles. The quantitative estimate of drug-likeness (QED) is 0.720. The summed E-state index contributed by atoms with van der Waals surface area (Å²) in [6, 6.07) is 8.25. The Morgan fingerprint density at radius 2 is 2.05 bits per heavy atom. The van der Waals surface area contributed by atoms with Gasteiger partial charge in [-0.05, 0) is 26.6 Å². The second-order valence-electron chi connectivity index (χ2n) is 5.10. The fraction of sp³-hybridized carbons (Fsp3) is 0.529. The first-order valence-corrected chi connectivity index (χ1v) is 7.74. The van der Waals surface area contributed by atoms with Gasteiger partial charge in [0, 0.05) is 30.6 Å². The van der Waals surface area contributed by atoms with Crippen molar-refractivity contribution in [3.63, 3.8) is 0 Å². The molecular weight excluding hydrogens is 264 g/mol. The molecule has 0 aliphatic rings. The van der Waals surface area contributed by atoms with Crippen LogP contribution in [0.15, 0.2) is 28.7 Å². The summed E-state index contributed by atoms with van der Waals surface area (Å²) >= 11 is 0. The van der Waals surface area contributed by atoms with Gasteiger partial charge < -0.3 is 14.5 Å². The lowest BCUT2D eigenvalue weighted by atomic mass is 10.1. The number of likely N-dealkylation sites (N-methyl/N-ethyl adjacent to an activating group) is 1. The number of hydrogen-bond donors (Lipinski definition) is 1. The van der Waals surface area contributed by atoms with Crippen LogP contribution >= 0.6 is 0 Å². The zero-order valence-electron chi connectivity index (χ0n) is 13.3. The molecule has 0 saturated carbocycles. The molecule has 2 rings (SSSR count). The lowest BCUT2D eigenvalue weighted by molar-refractivity contribution is 0.110. The lowest BCUT2D eigenvalue weighted by Crippen LogP contribution is -2.27. The molecule has 0 aliphatic carbocycles. The number of benzene rings is 1. The monoisotopic (exact) mass is 290 g/mol. The average molecular weight is 290 g/mol. The minimum absolute atomic E-state index is 0.770. The van der Waals surface area contributed by atoms with E-state index >= 15 is 0 Å². The van der Waals surface area contributed by atoms with Gasteiger partial charge in [0.25, 0.3) is 0 Å². The summed E-state index contributed by atoms with van der Waals surface area (Å²) in [5.41, 5.74) is 2.24. The fourth-order valence-electron chi connectivity index (χ4n) is 2.54. The van der Waals surface area contributed by atoms with Crippen LogP contribution in [0.25, 0.3) is 11.0 Å². The van der Waals surface area contributed by atoms with Crippen LogP contribution in [0.3, 0.4) is 0 Å². The summed E-state index contributed by atoms with van der Waals surface area (Å²) in [4.78, 5) is 2.35. The molecule has 4 nitrogen and oxygen atoms in total. The minimum Gasteiger partial charge on any atom is -0.459 e. The van der Waals surface area contributed by atoms with Crippen LogP contribution in [0.5, 0.6) is 0 Å². The zero-order chi connectivity index (χ0) is 15.1. The van der Waals surface area contributed by atoms with Crippen molar-refractivity contribution in [1.82, 2.24) is 10.2 Å². The van der Waals surface area contributed by atoms with E-state index < -0.39 is 0 Å². The van der Waals surface area contributed by atoms with Gasteiger partial charge in [0.1, 0.15) is 11.3 Å². The van der Waals surface area contributed by atoms with Crippen LogP contribution in [-0.4, -0.2) is 38.3 Å². The Bertz CT molecular complexity index is 551. The zero-order valence-corrected chi connectivity index (χ0v) is 13.3. The highest BCUT2D eigenvalue weighted by Gasteiger charge is 2.15. The van der Waals surface area contributed by atoms with Gasteiger partial charge in [-0.15, -0.1) is 0 Å². The highest BCUT2D eigenvalue weighted by Crippen LogP contribution is 2.26. The van der Waals surface area contributed by atoms with Crippen LogP contribution in [0, 0.1) is 0 Å². The molecule has 21 heavy (non-hydrogen) atoms. The van der Waals surface area contributed by atoms with E-state index in [4.69, 9.17) is 9.15 Å². The summed E-state index contributed by atoms with van der Waals surface area (Å²) < 4.78 is 11.5. The Hall–Kier alpha value is -1.36. The maximum Gasteiger partial charge on any atom is 0.134 e. The average Bonchev–Trinajstić information content (AvgIpc) is 2.85. The van der Waals surface area contributed by atoms with Gasteiger partial charge in [0.05, 0.1) is 13.2 Å². The van der Waals surface area contributed by atoms with Crippen LogP contribution in [0.4, 0.5) is 0 Å². The molecule has 0 atom stereocenters. The number of rotatable bonds is 9.